The van der Waals surface area contributed by atoms with Gasteiger partial charge in [0.1, 0.15) is 0 Å². The normalized spacial score (nSPS) is 14.3. The van der Waals surface area contributed by atoms with Crippen LogP contribution < -0.4 is 5.73 Å². The number of thiol groups is 1. The van der Waals surface area contributed by atoms with Crippen molar-refractivity contribution in [2.24, 2.45) is 5.73 Å². The first-order valence-electron chi connectivity index (χ1n) is 6.79. The van der Waals surface area contributed by atoms with Crippen LogP contribution in [0.5, 0.6) is 0 Å². The quantitative estimate of drug-likeness (QED) is 0.155. The van der Waals surface area contributed by atoms with Gasteiger partial charge < -0.3 is 33.9 Å². The summed E-state index contributed by atoms with van der Waals surface area (Å²) in [5, 5.41) is 15.9. The second-order valence-electron chi connectivity index (χ2n) is 4.10. The lowest BCUT2D eigenvalue weighted by molar-refractivity contribution is -0.0262. The van der Waals surface area contributed by atoms with Crippen molar-refractivity contribution in [3.05, 3.63) is 0 Å². The zero-order valence-corrected chi connectivity index (χ0v) is 13.1. The molecule has 0 aliphatic rings. The van der Waals surface area contributed by atoms with Gasteiger partial charge in [-0.1, -0.05) is 0 Å². The second kappa shape index (κ2) is 14.9. The lowest BCUT2D eigenvalue weighted by atomic mass is 10.6. The van der Waals surface area contributed by atoms with E-state index < -0.39 is 5.06 Å². The van der Waals surface area contributed by atoms with Crippen LogP contribution in [0.15, 0.2) is 0 Å². The van der Waals surface area contributed by atoms with Gasteiger partial charge in [-0.05, 0) is 0 Å². The molecule has 0 aromatic heterocycles. The third-order valence-corrected chi connectivity index (χ3v) is 2.17. The summed E-state index contributed by atoms with van der Waals surface area (Å²) in [6.45, 7) is 3.87. The topological polar surface area (TPSA) is 113 Å². The second-order valence-corrected chi connectivity index (χ2v) is 4.88. The predicted octanol–water partition coefficient (Wildman–Crippen LogP) is -1.40. The van der Waals surface area contributed by atoms with E-state index >= 15 is 0 Å². The summed E-state index contributed by atoms with van der Waals surface area (Å²) in [5.74, 6) is 0. The molecule has 0 spiro atoms. The molecule has 4 N–H and O–H groups in total. The van der Waals surface area contributed by atoms with E-state index in [1.165, 1.54) is 0 Å². The number of hydrogen-bond acceptors (Lipinski definition) is 9. The molecule has 0 rings (SSSR count). The Bertz CT molecular complexity index is 216. The average Bonchev–Trinajstić information content (AvgIpc) is 2.42. The van der Waals surface area contributed by atoms with Crippen LogP contribution >= 0.6 is 12.6 Å². The lowest BCUT2D eigenvalue weighted by Crippen LogP contribution is -2.38. The predicted molar refractivity (Wildman–Crippen MR) is 79.3 cm³/mol. The summed E-state index contributed by atoms with van der Waals surface area (Å²) in [5.41, 5.74) is 5.19. The lowest BCUT2D eigenvalue weighted by Gasteiger charge is -2.15. The van der Waals surface area contributed by atoms with Crippen LogP contribution in [-0.4, -0.2) is 87.9 Å². The van der Waals surface area contributed by atoms with E-state index in [2.05, 4.69) is 12.6 Å². The van der Waals surface area contributed by atoms with Crippen LogP contribution in [0, 0.1) is 0 Å². The van der Waals surface area contributed by atoms with Gasteiger partial charge >= 0.3 is 0 Å². The number of rotatable bonds is 16. The molecule has 0 bridgehead atoms. The van der Waals surface area contributed by atoms with Crippen LogP contribution in [0.2, 0.25) is 0 Å². The molecule has 8 nitrogen and oxygen atoms in total. The number of aliphatic hydroxyl groups is 2. The summed E-state index contributed by atoms with van der Waals surface area (Å²) in [6.07, 6.45) is 0. The summed E-state index contributed by atoms with van der Waals surface area (Å²) in [6, 6.07) is 0. The Labute approximate surface area is 130 Å². The molecule has 1 atom stereocenters. The maximum Gasteiger partial charge on any atom is 0.182 e. The van der Waals surface area contributed by atoms with E-state index in [0.717, 1.165) is 0 Å². The summed E-state index contributed by atoms with van der Waals surface area (Å²) >= 11 is 3.69. The van der Waals surface area contributed by atoms with Gasteiger partial charge in [0, 0.05) is 0 Å². The first kappa shape index (κ1) is 21.0. The standard InChI is InChI=1S/C12H27NO7S/c13-12(15,21)11-20-10-9-19-8-7-18-6-5-17-4-3-16-2-1-14/h14-15,21H,1-11,13H2. The minimum Gasteiger partial charge on any atom is -0.394 e. The molecular formula is C12H27NO7S. The Morgan fingerprint density at radius 3 is 1.38 bits per heavy atom. The zero-order valence-electron chi connectivity index (χ0n) is 12.2. The number of nitrogens with two attached hydrogens (primary N) is 1. The Morgan fingerprint density at radius 1 is 0.714 bits per heavy atom. The highest BCUT2D eigenvalue weighted by Crippen LogP contribution is 1.99. The molecule has 0 radical (unpaired) electrons. The molecule has 0 saturated heterocycles. The van der Waals surface area contributed by atoms with Crippen molar-refractivity contribution < 1.29 is 33.9 Å². The SMILES string of the molecule is NC(O)(S)COCCOCCOCCOCCOCCO. The molecule has 0 aliphatic carbocycles. The van der Waals surface area contributed by atoms with E-state index in [1.54, 1.807) is 0 Å². The van der Waals surface area contributed by atoms with Crippen molar-refractivity contribution in [1.29, 1.82) is 0 Å². The monoisotopic (exact) mass is 329 g/mol. The number of ether oxygens (including phenoxy) is 5. The molecule has 0 amide bonds. The molecule has 0 heterocycles. The van der Waals surface area contributed by atoms with Crippen molar-refractivity contribution in [2.75, 3.05) is 72.7 Å². The highest BCUT2D eigenvalue weighted by atomic mass is 32.1. The molecule has 128 valence electrons. The van der Waals surface area contributed by atoms with Gasteiger partial charge in [-0.15, -0.1) is 12.6 Å². The Kier molecular flexibility index (Phi) is 15.0. The number of aliphatic hydroxyl groups excluding tert-OH is 1. The van der Waals surface area contributed by atoms with Crippen LogP contribution in [0.3, 0.4) is 0 Å². The average molecular weight is 329 g/mol. The maximum atomic E-state index is 9.05. The highest BCUT2D eigenvalue weighted by molar-refractivity contribution is 7.81. The Balaban J connectivity index is 3.00. The van der Waals surface area contributed by atoms with Crippen molar-refractivity contribution in [3.63, 3.8) is 0 Å². The van der Waals surface area contributed by atoms with E-state index in [4.69, 9.17) is 39.6 Å². The minimum absolute atomic E-state index is 0.0237. The molecular weight excluding hydrogens is 302 g/mol. The van der Waals surface area contributed by atoms with Gasteiger partial charge in [-0.2, -0.15) is 0 Å². The van der Waals surface area contributed by atoms with Crippen molar-refractivity contribution >= 4 is 12.6 Å². The van der Waals surface area contributed by atoms with Gasteiger partial charge in [-0.3, -0.25) is 5.73 Å². The molecule has 1 unspecified atom stereocenters. The maximum absolute atomic E-state index is 9.05. The van der Waals surface area contributed by atoms with Gasteiger partial charge in [0.05, 0.1) is 72.7 Å². The van der Waals surface area contributed by atoms with E-state index in [-0.39, 0.29) is 13.2 Å². The first-order chi connectivity index (χ1) is 10.1. The molecule has 0 aliphatic heterocycles. The van der Waals surface area contributed by atoms with Crippen LogP contribution in [-0.2, 0) is 23.7 Å². The fourth-order valence-corrected chi connectivity index (χ4v) is 1.26. The zero-order chi connectivity index (χ0) is 15.8. The third kappa shape index (κ3) is 20.0. The third-order valence-electron chi connectivity index (χ3n) is 2.04. The van der Waals surface area contributed by atoms with Gasteiger partial charge in [0.2, 0.25) is 0 Å². The largest absolute Gasteiger partial charge is 0.394 e. The van der Waals surface area contributed by atoms with Crippen LogP contribution in [0.25, 0.3) is 0 Å². The Hall–Kier alpha value is 0.0300. The highest BCUT2D eigenvalue weighted by Gasteiger charge is 2.13. The smallest absolute Gasteiger partial charge is 0.182 e. The Morgan fingerprint density at radius 2 is 1.05 bits per heavy atom. The van der Waals surface area contributed by atoms with E-state index in [1.807, 2.05) is 0 Å². The van der Waals surface area contributed by atoms with Crippen molar-refractivity contribution in [2.45, 2.75) is 5.06 Å². The molecule has 0 aromatic carbocycles. The molecule has 21 heavy (non-hydrogen) atoms. The summed E-state index contributed by atoms with van der Waals surface area (Å²) < 4.78 is 25.8. The fourth-order valence-electron chi connectivity index (χ4n) is 1.17. The molecule has 9 heteroatoms. The molecule has 0 fully saturated rings. The van der Waals surface area contributed by atoms with Crippen molar-refractivity contribution in [1.82, 2.24) is 0 Å². The van der Waals surface area contributed by atoms with E-state index in [0.29, 0.717) is 59.5 Å². The first-order valence-corrected chi connectivity index (χ1v) is 7.24. The van der Waals surface area contributed by atoms with Crippen LogP contribution in [0.1, 0.15) is 0 Å². The van der Waals surface area contributed by atoms with Crippen molar-refractivity contribution in [3.8, 4) is 0 Å². The van der Waals surface area contributed by atoms with Gasteiger partial charge in [0.25, 0.3) is 0 Å². The summed E-state index contributed by atoms with van der Waals surface area (Å²) in [4.78, 5) is 0. The van der Waals surface area contributed by atoms with Gasteiger partial charge in [0.15, 0.2) is 5.06 Å². The fraction of sp³-hybridized carbons (Fsp3) is 1.00. The van der Waals surface area contributed by atoms with Crippen LogP contribution in [0.4, 0.5) is 0 Å². The minimum atomic E-state index is -1.60. The van der Waals surface area contributed by atoms with Gasteiger partial charge in [-0.25, -0.2) is 0 Å². The molecule has 0 saturated carbocycles. The summed E-state index contributed by atoms with van der Waals surface area (Å²) in [7, 11) is 0. The number of hydrogen-bond donors (Lipinski definition) is 4. The molecule has 0 aromatic rings. The van der Waals surface area contributed by atoms with E-state index in [9.17, 15) is 0 Å².